The molecule has 0 saturated heterocycles. The molecule has 2 heterocycles. The molecule has 222 valence electrons. The Morgan fingerprint density at radius 1 is 1.07 bits per heavy atom. The normalized spacial score (nSPS) is 14.2. The summed E-state index contributed by atoms with van der Waals surface area (Å²) in [5, 5.41) is 15.9. The Labute approximate surface area is 401 Å². The van der Waals surface area contributed by atoms with Gasteiger partial charge in [-0.2, -0.15) is 27.2 Å². The number of rotatable bonds is 6. The van der Waals surface area contributed by atoms with E-state index in [2.05, 4.69) is 42.2 Å². The fraction of sp³-hybridized carbons (Fsp3) is 0.467. The summed E-state index contributed by atoms with van der Waals surface area (Å²) in [6, 6.07) is 1.75. The van der Waals surface area contributed by atoms with Gasteiger partial charge in [-0.25, -0.2) is 25.6 Å². The van der Waals surface area contributed by atoms with Crippen LogP contribution in [0.5, 0.6) is 0 Å². The molecule has 10 nitrogen and oxygen atoms in total. The zero-order chi connectivity index (χ0) is 30.4. The molecular formula is C15H17BrCs2F6N3NaO7S6. The van der Waals surface area contributed by atoms with E-state index in [4.69, 9.17) is 15.3 Å². The number of allylic oxidation sites excluding steroid dienone is 2. The first-order chi connectivity index (χ1) is 17.5. The second-order valence-corrected chi connectivity index (χ2v) is 13.9. The van der Waals surface area contributed by atoms with Gasteiger partial charge in [-0.15, -0.1) is 16.2 Å². The molecule has 0 aromatic carbocycles. The van der Waals surface area contributed by atoms with Gasteiger partial charge in [0.1, 0.15) is 14.5 Å². The van der Waals surface area contributed by atoms with Crippen LogP contribution in [0.2, 0.25) is 0 Å². The van der Waals surface area contributed by atoms with E-state index >= 15 is 0 Å². The van der Waals surface area contributed by atoms with Crippen LogP contribution in [0, 0.1) is 11.3 Å². The Kier molecular flexibility index (Phi) is 49.5. The molecule has 2 aliphatic heterocycles. The van der Waals surface area contributed by atoms with Crippen molar-refractivity contribution in [3.8, 4) is 6.07 Å². The molecule has 0 saturated carbocycles. The first-order valence-electron chi connectivity index (χ1n) is 8.71. The Balaban J connectivity index is -0.0000000789. The van der Waals surface area contributed by atoms with E-state index in [0.29, 0.717) is 0 Å². The molecule has 0 radical (unpaired) electrons. The van der Waals surface area contributed by atoms with E-state index in [1.807, 2.05) is 0 Å². The van der Waals surface area contributed by atoms with E-state index in [0.717, 1.165) is 35.3 Å². The third kappa shape index (κ3) is 40.2. The maximum absolute atomic E-state index is 12.3. The van der Waals surface area contributed by atoms with E-state index in [-0.39, 0.29) is 212 Å². The van der Waals surface area contributed by atoms with E-state index < -0.39 is 50.3 Å². The topological polar surface area (TPSA) is 166 Å². The second-order valence-electron chi connectivity index (χ2n) is 5.19. The van der Waals surface area contributed by atoms with Gasteiger partial charge >= 0.3 is 180 Å². The third-order valence-corrected chi connectivity index (χ3v) is 10.1. The van der Waals surface area contributed by atoms with Gasteiger partial charge in [-0.05, 0) is 4.38 Å². The Morgan fingerprint density at radius 2 is 1.46 bits per heavy atom. The SMILES string of the molecule is CC#N.FC(F)=C(F)CCBr.O=CO[O-].O=S1(=O)CSC(SCCC(F)=C(F)F)=N1.O=S1(=O)CSC([S-])=N1.[Cs+].[Cs+].[H-].[Na+]. The molecule has 0 aromatic heterocycles. The van der Waals surface area contributed by atoms with Crippen LogP contribution in [-0.4, -0.2) is 53.3 Å². The van der Waals surface area contributed by atoms with Crippen LogP contribution in [0.1, 0.15) is 21.2 Å². The standard InChI is InChI=1S/C6H6F3NO2S3.C4H4BrF3.C2H3NO2S3.C2H3N.CH2O3.2Cs.Na.H/c7-4(5(8)9)1-2-13-6-10-15(11,12)3-14-6;5-2-1-3(6)4(7)8;4-8(5)1-7-2(6)3-8;1-2-3;2-1-4-3;;;;/h1-3H2;1-2H2;1H2,(H,3,6);1H3;1,3H;;;;/q;;;;;3*+1;-1/p-2. The molecule has 0 aliphatic carbocycles. The van der Waals surface area contributed by atoms with E-state index in [1.165, 1.54) is 6.92 Å². The minimum Gasteiger partial charge on any atom is -1.00 e. The van der Waals surface area contributed by atoms with Crippen molar-refractivity contribution >= 4 is 99.1 Å². The monoisotopic (exact) mass is 1020 g/mol. The molecule has 0 aromatic rings. The summed E-state index contributed by atoms with van der Waals surface area (Å²) in [6.45, 7) is 1.25. The number of nitrogens with zero attached hydrogens (tertiary/aromatic N) is 3. The smallest absolute Gasteiger partial charge is 1.00 e. The summed E-state index contributed by atoms with van der Waals surface area (Å²) >= 11 is 10.3. The third-order valence-electron chi connectivity index (χ3n) is 2.40. The number of hydrogen-bond acceptors (Lipinski definition) is 12. The van der Waals surface area contributed by atoms with Crippen molar-refractivity contribution < 1.29 is 227 Å². The van der Waals surface area contributed by atoms with Crippen molar-refractivity contribution in [3.63, 3.8) is 0 Å². The number of halogens is 7. The van der Waals surface area contributed by atoms with Crippen LogP contribution in [0.15, 0.2) is 32.6 Å². The molecule has 0 fully saturated rings. The Bertz CT molecular complexity index is 1130. The van der Waals surface area contributed by atoms with Gasteiger partial charge < -0.3 is 24.2 Å². The van der Waals surface area contributed by atoms with Gasteiger partial charge in [0.05, 0.1) is 6.07 Å². The van der Waals surface area contributed by atoms with Gasteiger partial charge in [0.2, 0.25) is 0 Å². The van der Waals surface area contributed by atoms with Gasteiger partial charge in [0, 0.05) is 30.8 Å². The number of carbonyl (C=O) groups excluding carboxylic acids is 1. The molecule has 0 spiro atoms. The predicted octanol–water partition coefficient (Wildman–Crippen LogP) is -4.56. The molecular weight excluding hydrogens is 1010 g/mol. The van der Waals surface area contributed by atoms with Crippen molar-refractivity contribution in [2.45, 2.75) is 19.8 Å². The van der Waals surface area contributed by atoms with Gasteiger partial charge in [0.25, 0.3) is 26.5 Å². The van der Waals surface area contributed by atoms with Crippen molar-refractivity contribution in [3.05, 3.63) is 23.8 Å². The molecule has 0 bridgehead atoms. The fourth-order valence-electron chi connectivity index (χ4n) is 1.15. The van der Waals surface area contributed by atoms with Crippen LogP contribution in [-0.2, 0) is 42.4 Å². The number of hydrogen-bond donors (Lipinski definition) is 0. The van der Waals surface area contributed by atoms with Crippen LogP contribution in [0.25, 0.3) is 0 Å². The maximum Gasteiger partial charge on any atom is 1.00 e. The zero-order valence-corrected chi connectivity index (χ0v) is 42.7. The summed E-state index contributed by atoms with van der Waals surface area (Å²) in [7, 11) is -6.54. The van der Waals surface area contributed by atoms with Crippen LogP contribution < -0.4 is 173 Å². The van der Waals surface area contributed by atoms with E-state index in [1.54, 1.807) is 6.07 Å². The first-order valence-corrected chi connectivity index (χ1v) is 16.4. The average molecular weight is 1030 g/mol. The minimum absolute atomic E-state index is 0. The van der Waals surface area contributed by atoms with Gasteiger partial charge in [-0.3, -0.25) is 4.79 Å². The van der Waals surface area contributed by atoms with Crippen molar-refractivity contribution in [2.24, 2.45) is 8.80 Å². The van der Waals surface area contributed by atoms with Crippen LogP contribution >= 0.6 is 51.2 Å². The Hall–Kier alpha value is 4.07. The molecule has 0 atom stereocenters. The molecule has 0 unspecified atom stereocenters. The van der Waals surface area contributed by atoms with Crippen molar-refractivity contribution in [2.75, 3.05) is 21.3 Å². The number of alkyl halides is 1. The number of carbonyl (C=O) groups is 1. The molecule has 2 rings (SSSR count). The average Bonchev–Trinajstić information content (AvgIpc) is 3.33. The minimum atomic E-state index is -3.39. The molecule has 0 N–H and O–H groups in total. The fourth-order valence-corrected chi connectivity index (χ4v) is 8.27. The Morgan fingerprint density at radius 3 is 1.68 bits per heavy atom. The van der Waals surface area contributed by atoms with Gasteiger partial charge in [-0.1, -0.05) is 39.5 Å². The van der Waals surface area contributed by atoms with Crippen molar-refractivity contribution in [1.82, 2.24) is 0 Å². The summed E-state index contributed by atoms with van der Waals surface area (Å²) < 4.78 is 119. The number of sulfonamides is 2. The first kappa shape index (κ1) is 57.3. The van der Waals surface area contributed by atoms with Crippen LogP contribution in [0.4, 0.5) is 26.3 Å². The predicted molar refractivity (Wildman–Crippen MR) is 141 cm³/mol. The zero-order valence-electron chi connectivity index (χ0n) is 22.6. The number of nitriles is 1. The van der Waals surface area contributed by atoms with Gasteiger partial charge in [0.15, 0.2) is 11.7 Å². The maximum atomic E-state index is 12.3. The van der Waals surface area contributed by atoms with E-state index in [9.17, 15) is 43.2 Å². The number of thioether (sulfide) groups is 3. The van der Waals surface area contributed by atoms with Crippen LogP contribution in [0.3, 0.4) is 0 Å². The molecule has 2 aliphatic rings. The quantitative estimate of drug-likeness (QED) is 0.0477. The summed E-state index contributed by atoms with van der Waals surface area (Å²) in [5.74, 6) is -2.75. The largest absolute Gasteiger partial charge is 1.00 e. The second kappa shape index (κ2) is 35.4. The molecule has 41 heavy (non-hydrogen) atoms. The molecule has 0 amide bonds. The van der Waals surface area contributed by atoms with Crippen molar-refractivity contribution in [1.29, 1.82) is 5.26 Å². The molecule has 26 heteroatoms. The summed E-state index contributed by atoms with van der Waals surface area (Å²) in [4.78, 5) is 11.2. The summed E-state index contributed by atoms with van der Waals surface area (Å²) in [6.07, 6.45) is -5.21. The summed E-state index contributed by atoms with van der Waals surface area (Å²) in [5.41, 5.74) is 0.